The summed E-state index contributed by atoms with van der Waals surface area (Å²) in [5.74, 6) is 0.533. The van der Waals surface area contributed by atoms with E-state index < -0.39 is 12.0 Å². The Morgan fingerprint density at radius 2 is 2.15 bits per heavy atom. The van der Waals surface area contributed by atoms with Crippen molar-refractivity contribution in [3.05, 3.63) is 53.9 Å². The second-order valence-electron chi connectivity index (χ2n) is 6.59. The van der Waals surface area contributed by atoms with Gasteiger partial charge in [0.2, 0.25) is 0 Å². The predicted molar refractivity (Wildman–Crippen MR) is 102 cm³/mol. The highest BCUT2D eigenvalue weighted by atomic mass is 16.5. The first kappa shape index (κ1) is 19.2. The van der Waals surface area contributed by atoms with Gasteiger partial charge in [0.05, 0.1) is 25.5 Å². The fourth-order valence-corrected chi connectivity index (χ4v) is 3.73. The van der Waals surface area contributed by atoms with Crippen LogP contribution < -0.4 is 9.47 Å². The van der Waals surface area contributed by atoms with Gasteiger partial charge in [-0.15, -0.1) is 0 Å². The molecule has 0 saturated carbocycles. The van der Waals surface area contributed by atoms with E-state index in [1.54, 1.807) is 13.3 Å². The van der Waals surface area contributed by atoms with E-state index in [0.717, 1.165) is 24.1 Å². The van der Waals surface area contributed by atoms with E-state index in [2.05, 4.69) is 4.98 Å². The summed E-state index contributed by atoms with van der Waals surface area (Å²) < 4.78 is 11.1. The molecular formula is C21H26N2O4. The number of ether oxygens (including phenoxy) is 2. The number of carboxylic acids is 1. The van der Waals surface area contributed by atoms with Crippen molar-refractivity contribution in [2.45, 2.75) is 38.3 Å². The molecule has 0 bridgehead atoms. The number of methoxy groups -OCH3 is 1. The molecule has 0 amide bonds. The summed E-state index contributed by atoms with van der Waals surface area (Å²) in [5, 5.41) is 9.77. The molecule has 27 heavy (non-hydrogen) atoms. The highest BCUT2D eigenvalue weighted by Gasteiger charge is 2.36. The van der Waals surface area contributed by atoms with Gasteiger partial charge in [-0.25, -0.2) is 0 Å². The fraction of sp³-hybridized carbons (Fsp3) is 0.429. The van der Waals surface area contributed by atoms with Gasteiger partial charge in [0.1, 0.15) is 6.04 Å². The van der Waals surface area contributed by atoms with Crippen molar-refractivity contribution in [3.63, 3.8) is 0 Å². The van der Waals surface area contributed by atoms with Crippen LogP contribution in [0.2, 0.25) is 0 Å². The molecule has 2 heterocycles. The number of carboxylic acid groups (broad SMARTS) is 1. The molecule has 0 aliphatic carbocycles. The monoisotopic (exact) mass is 370 g/mol. The molecule has 2 atom stereocenters. The zero-order valence-electron chi connectivity index (χ0n) is 15.8. The molecule has 1 N–H and O–H groups in total. The summed E-state index contributed by atoms with van der Waals surface area (Å²) in [4.78, 5) is 18.5. The minimum atomic E-state index is -0.783. The molecule has 144 valence electrons. The lowest BCUT2D eigenvalue weighted by molar-refractivity contribution is -0.145. The van der Waals surface area contributed by atoms with Gasteiger partial charge in [-0.2, -0.15) is 0 Å². The lowest BCUT2D eigenvalue weighted by atomic mass is 9.94. The van der Waals surface area contributed by atoms with Gasteiger partial charge in [0.25, 0.3) is 0 Å². The number of likely N-dealkylation sites (tertiary alicyclic amines) is 1. The standard InChI is InChI=1S/C21H26N2O4/c1-3-27-19-14-15(10-11-18(19)26-2)20(16-8-4-6-12-22-16)23-13-7-5-9-17(23)21(24)25/h4,6,8,10-12,14,17,20H,3,5,7,9,13H2,1-2H3,(H,24,25). The summed E-state index contributed by atoms with van der Waals surface area (Å²) in [5.41, 5.74) is 1.78. The van der Waals surface area contributed by atoms with Crippen molar-refractivity contribution < 1.29 is 19.4 Å². The molecule has 1 aliphatic rings. The number of benzene rings is 1. The number of nitrogens with zero attached hydrogens (tertiary/aromatic N) is 2. The lowest BCUT2D eigenvalue weighted by Crippen LogP contribution is -2.47. The number of piperidine rings is 1. The second kappa shape index (κ2) is 8.86. The fourth-order valence-electron chi connectivity index (χ4n) is 3.73. The summed E-state index contributed by atoms with van der Waals surface area (Å²) >= 11 is 0. The highest BCUT2D eigenvalue weighted by molar-refractivity contribution is 5.73. The van der Waals surface area contributed by atoms with E-state index in [0.29, 0.717) is 31.1 Å². The van der Waals surface area contributed by atoms with Crippen molar-refractivity contribution in [3.8, 4) is 11.5 Å². The molecule has 1 fully saturated rings. The molecular weight excluding hydrogens is 344 g/mol. The minimum Gasteiger partial charge on any atom is -0.493 e. The molecule has 1 saturated heterocycles. The summed E-state index contributed by atoms with van der Waals surface area (Å²) in [6.07, 6.45) is 4.29. The molecule has 0 radical (unpaired) electrons. The van der Waals surface area contributed by atoms with Gasteiger partial charge in [0, 0.05) is 6.20 Å². The van der Waals surface area contributed by atoms with E-state index in [4.69, 9.17) is 9.47 Å². The largest absolute Gasteiger partial charge is 0.493 e. The Morgan fingerprint density at radius 1 is 1.30 bits per heavy atom. The molecule has 6 heteroatoms. The molecule has 2 aromatic rings. The molecule has 1 aromatic heterocycles. The lowest BCUT2D eigenvalue weighted by Gasteiger charge is -2.39. The van der Waals surface area contributed by atoms with Crippen molar-refractivity contribution >= 4 is 5.97 Å². The van der Waals surface area contributed by atoms with E-state index in [1.807, 2.05) is 48.2 Å². The summed E-state index contributed by atoms with van der Waals surface area (Å²) in [7, 11) is 1.61. The van der Waals surface area contributed by atoms with Gasteiger partial charge in [-0.3, -0.25) is 14.7 Å². The number of aliphatic carboxylic acids is 1. The van der Waals surface area contributed by atoms with Gasteiger partial charge < -0.3 is 14.6 Å². The Labute approximate surface area is 159 Å². The van der Waals surface area contributed by atoms with Gasteiger partial charge >= 0.3 is 5.97 Å². The predicted octanol–water partition coefficient (Wildman–Crippen LogP) is 3.52. The van der Waals surface area contributed by atoms with Crippen molar-refractivity contribution in [1.29, 1.82) is 0 Å². The quantitative estimate of drug-likeness (QED) is 0.804. The number of aromatic nitrogens is 1. The molecule has 2 unspecified atom stereocenters. The van der Waals surface area contributed by atoms with E-state index in [1.165, 1.54) is 0 Å². The Morgan fingerprint density at radius 3 is 2.81 bits per heavy atom. The van der Waals surface area contributed by atoms with Gasteiger partial charge in [-0.1, -0.05) is 18.6 Å². The molecule has 1 aromatic carbocycles. The molecule has 1 aliphatic heterocycles. The van der Waals surface area contributed by atoms with Gasteiger partial charge in [-0.05, 0) is 56.1 Å². The van der Waals surface area contributed by atoms with Crippen LogP contribution in [0.4, 0.5) is 0 Å². The second-order valence-corrected chi connectivity index (χ2v) is 6.59. The summed E-state index contributed by atoms with van der Waals surface area (Å²) in [6.45, 7) is 3.16. The van der Waals surface area contributed by atoms with E-state index in [-0.39, 0.29) is 6.04 Å². The van der Waals surface area contributed by atoms with Crippen LogP contribution in [0.15, 0.2) is 42.6 Å². The average Bonchev–Trinajstić information content (AvgIpc) is 2.70. The third-order valence-corrected chi connectivity index (χ3v) is 4.93. The minimum absolute atomic E-state index is 0.252. The van der Waals surface area contributed by atoms with Crippen LogP contribution in [0.25, 0.3) is 0 Å². The van der Waals surface area contributed by atoms with Gasteiger partial charge in [0.15, 0.2) is 11.5 Å². The molecule has 6 nitrogen and oxygen atoms in total. The van der Waals surface area contributed by atoms with E-state index >= 15 is 0 Å². The van der Waals surface area contributed by atoms with Crippen LogP contribution in [-0.2, 0) is 4.79 Å². The van der Waals surface area contributed by atoms with Crippen LogP contribution >= 0.6 is 0 Å². The SMILES string of the molecule is CCOc1cc(C(c2ccccn2)N2CCCCC2C(=O)O)ccc1OC. The Balaban J connectivity index is 2.08. The zero-order chi connectivity index (χ0) is 19.2. The van der Waals surface area contributed by atoms with Crippen molar-refractivity contribution in [2.75, 3.05) is 20.3 Å². The van der Waals surface area contributed by atoms with Crippen molar-refractivity contribution in [2.24, 2.45) is 0 Å². The maximum absolute atomic E-state index is 11.9. The number of hydrogen-bond acceptors (Lipinski definition) is 5. The van der Waals surface area contributed by atoms with Crippen LogP contribution in [0, 0.1) is 0 Å². The van der Waals surface area contributed by atoms with Crippen molar-refractivity contribution in [1.82, 2.24) is 9.88 Å². The Kier molecular flexibility index (Phi) is 6.29. The van der Waals surface area contributed by atoms with Crippen LogP contribution in [-0.4, -0.2) is 47.3 Å². The third kappa shape index (κ3) is 4.22. The first-order valence-corrected chi connectivity index (χ1v) is 9.36. The number of pyridine rings is 1. The topological polar surface area (TPSA) is 71.9 Å². The number of rotatable bonds is 7. The highest BCUT2D eigenvalue weighted by Crippen LogP contribution is 2.37. The molecule has 0 spiro atoms. The van der Waals surface area contributed by atoms with Crippen LogP contribution in [0.1, 0.15) is 43.5 Å². The number of hydrogen-bond donors (Lipinski definition) is 1. The maximum Gasteiger partial charge on any atom is 0.320 e. The smallest absolute Gasteiger partial charge is 0.320 e. The normalized spacial score (nSPS) is 18.7. The first-order chi connectivity index (χ1) is 13.2. The van der Waals surface area contributed by atoms with Crippen LogP contribution in [0.5, 0.6) is 11.5 Å². The summed E-state index contributed by atoms with van der Waals surface area (Å²) in [6, 6.07) is 10.7. The zero-order valence-corrected chi connectivity index (χ0v) is 15.8. The third-order valence-electron chi connectivity index (χ3n) is 4.93. The Bertz CT molecular complexity index is 766. The maximum atomic E-state index is 11.9. The average molecular weight is 370 g/mol. The Hall–Kier alpha value is -2.60. The van der Waals surface area contributed by atoms with Crippen LogP contribution in [0.3, 0.4) is 0 Å². The van der Waals surface area contributed by atoms with E-state index in [9.17, 15) is 9.90 Å². The molecule has 3 rings (SSSR count). The number of carbonyl (C=O) groups is 1. The first-order valence-electron chi connectivity index (χ1n) is 9.36.